The number of hydrogen-bond donors (Lipinski definition) is 0. The Labute approximate surface area is 122 Å². The summed E-state index contributed by atoms with van der Waals surface area (Å²) in [4.78, 5) is 24.7. The van der Waals surface area contributed by atoms with Gasteiger partial charge in [-0.15, -0.1) is 0 Å². The molecule has 0 spiro atoms. The Balaban J connectivity index is 2.78. The first-order chi connectivity index (χ1) is 9.11. The van der Waals surface area contributed by atoms with Crippen molar-refractivity contribution in [2.24, 2.45) is 11.8 Å². The zero-order chi connectivity index (χ0) is 15.6. The lowest BCUT2D eigenvalue weighted by atomic mass is 9.74. The summed E-state index contributed by atoms with van der Waals surface area (Å²) in [6.45, 7) is 9.21. The predicted octanol–water partition coefficient (Wildman–Crippen LogP) is 3.13. The zero-order valence-corrected chi connectivity index (χ0v) is 13.6. The topological polar surface area (TPSA) is 52.6 Å². The smallest absolute Gasteiger partial charge is 0.316 e. The van der Waals surface area contributed by atoms with Gasteiger partial charge >= 0.3 is 5.97 Å². The van der Waals surface area contributed by atoms with Crippen molar-refractivity contribution in [2.45, 2.75) is 71.5 Å². The summed E-state index contributed by atoms with van der Waals surface area (Å²) in [5.74, 6) is -0.760. The lowest BCUT2D eigenvalue weighted by Gasteiger charge is -2.38. The van der Waals surface area contributed by atoms with Crippen molar-refractivity contribution in [3.8, 4) is 0 Å². The molecule has 0 radical (unpaired) electrons. The van der Waals surface area contributed by atoms with Gasteiger partial charge in [-0.3, -0.25) is 9.59 Å². The molecule has 1 atom stereocenters. The van der Waals surface area contributed by atoms with Gasteiger partial charge in [0.05, 0.1) is 0 Å². The number of ether oxygens (including phenoxy) is 2. The third-order valence-corrected chi connectivity index (χ3v) is 4.08. The molecule has 1 aliphatic rings. The summed E-state index contributed by atoms with van der Waals surface area (Å²) in [6.07, 6.45) is 3.30. The van der Waals surface area contributed by atoms with Crippen molar-refractivity contribution in [1.82, 2.24) is 0 Å². The van der Waals surface area contributed by atoms with E-state index < -0.39 is 23.1 Å². The van der Waals surface area contributed by atoms with Crippen molar-refractivity contribution in [3.63, 3.8) is 0 Å². The van der Waals surface area contributed by atoms with Crippen LogP contribution in [0.15, 0.2) is 0 Å². The Kier molecular flexibility index (Phi) is 5.36. The van der Waals surface area contributed by atoms with Gasteiger partial charge in [-0.05, 0) is 59.3 Å². The molecule has 1 rings (SSSR count). The molecule has 1 aliphatic carbocycles. The van der Waals surface area contributed by atoms with E-state index in [1.807, 2.05) is 0 Å². The van der Waals surface area contributed by atoms with Crippen LogP contribution in [-0.4, -0.2) is 30.1 Å². The van der Waals surface area contributed by atoms with Gasteiger partial charge in [-0.2, -0.15) is 0 Å². The van der Waals surface area contributed by atoms with E-state index in [2.05, 4.69) is 6.92 Å². The molecule has 0 amide bonds. The highest BCUT2D eigenvalue weighted by Crippen LogP contribution is 2.37. The molecular formula is C16H28O4. The second-order valence-electron chi connectivity index (χ2n) is 7.00. The van der Waals surface area contributed by atoms with Gasteiger partial charge in [-0.25, -0.2) is 0 Å². The monoisotopic (exact) mass is 284 g/mol. The van der Waals surface area contributed by atoms with E-state index >= 15 is 0 Å². The van der Waals surface area contributed by atoms with Gasteiger partial charge < -0.3 is 9.47 Å². The molecule has 4 heteroatoms. The fourth-order valence-corrected chi connectivity index (χ4v) is 2.67. The number of hydrogen-bond acceptors (Lipinski definition) is 4. The van der Waals surface area contributed by atoms with E-state index in [1.54, 1.807) is 34.8 Å². The van der Waals surface area contributed by atoms with Crippen LogP contribution in [0.2, 0.25) is 0 Å². The van der Waals surface area contributed by atoms with Crippen molar-refractivity contribution in [1.29, 1.82) is 0 Å². The fraction of sp³-hybridized carbons (Fsp3) is 0.875. The standard InChI is InChI=1S/C16H28O4/c1-11-7-9-16(19-6,10-8-11)13(17)12(2)14(18)20-15(3,4)5/h11-12H,7-10H2,1-6H3. The molecule has 0 aromatic carbocycles. The van der Waals surface area contributed by atoms with Crippen molar-refractivity contribution in [2.75, 3.05) is 7.11 Å². The van der Waals surface area contributed by atoms with Gasteiger partial charge in [-0.1, -0.05) is 6.92 Å². The molecule has 0 N–H and O–H groups in total. The average molecular weight is 284 g/mol. The fourth-order valence-electron chi connectivity index (χ4n) is 2.67. The third kappa shape index (κ3) is 4.05. The summed E-state index contributed by atoms with van der Waals surface area (Å²) in [6, 6.07) is 0. The van der Waals surface area contributed by atoms with Gasteiger partial charge in [0.25, 0.3) is 0 Å². The lowest BCUT2D eigenvalue weighted by Crippen LogP contribution is -2.48. The Hall–Kier alpha value is -0.900. The second kappa shape index (κ2) is 6.25. The van der Waals surface area contributed by atoms with Gasteiger partial charge in [0.1, 0.15) is 17.1 Å². The molecule has 1 fully saturated rings. The van der Waals surface area contributed by atoms with Crippen LogP contribution in [-0.2, 0) is 19.1 Å². The van der Waals surface area contributed by atoms with E-state index in [0.29, 0.717) is 18.8 Å². The largest absolute Gasteiger partial charge is 0.459 e. The summed E-state index contributed by atoms with van der Waals surface area (Å²) in [5.41, 5.74) is -1.38. The molecule has 0 bridgehead atoms. The van der Waals surface area contributed by atoms with E-state index in [1.165, 1.54) is 0 Å². The van der Waals surface area contributed by atoms with Crippen LogP contribution in [0, 0.1) is 11.8 Å². The van der Waals surface area contributed by atoms with Crippen LogP contribution in [0.3, 0.4) is 0 Å². The van der Waals surface area contributed by atoms with E-state index in [0.717, 1.165) is 12.8 Å². The second-order valence-corrected chi connectivity index (χ2v) is 7.00. The van der Waals surface area contributed by atoms with Gasteiger partial charge in [0.15, 0.2) is 5.78 Å². The average Bonchev–Trinajstić information content (AvgIpc) is 2.36. The Morgan fingerprint density at radius 1 is 1.20 bits per heavy atom. The maximum Gasteiger partial charge on any atom is 0.316 e. The van der Waals surface area contributed by atoms with E-state index in [-0.39, 0.29) is 5.78 Å². The van der Waals surface area contributed by atoms with Crippen LogP contribution >= 0.6 is 0 Å². The maximum absolute atomic E-state index is 12.7. The SMILES string of the molecule is COC1(C(=O)C(C)C(=O)OC(C)(C)C)CCC(C)CC1. The quantitative estimate of drug-likeness (QED) is 0.588. The van der Waals surface area contributed by atoms with E-state index in [4.69, 9.17) is 9.47 Å². The summed E-state index contributed by atoms with van der Waals surface area (Å²) in [5, 5.41) is 0. The molecule has 0 aromatic heterocycles. The molecule has 4 nitrogen and oxygen atoms in total. The minimum atomic E-state index is -0.803. The summed E-state index contributed by atoms with van der Waals surface area (Å²) < 4.78 is 10.8. The first kappa shape index (κ1) is 17.2. The number of carbonyl (C=O) groups is 2. The van der Waals surface area contributed by atoms with E-state index in [9.17, 15) is 9.59 Å². The normalized spacial score (nSPS) is 28.8. The van der Waals surface area contributed by atoms with Crippen molar-refractivity contribution >= 4 is 11.8 Å². The highest BCUT2D eigenvalue weighted by atomic mass is 16.6. The zero-order valence-electron chi connectivity index (χ0n) is 13.6. The highest BCUT2D eigenvalue weighted by Gasteiger charge is 2.45. The molecule has 0 saturated heterocycles. The minimum Gasteiger partial charge on any atom is -0.459 e. The number of ketones is 1. The molecule has 0 aliphatic heterocycles. The molecular weight excluding hydrogens is 256 g/mol. The Bertz CT molecular complexity index is 359. The molecule has 20 heavy (non-hydrogen) atoms. The maximum atomic E-state index is 12.7. The van der Waals surface area contributed by atoms with Crippen LogP contribution in [0.5, 0.6) is 0 Å². The van der Waals surface area contributed by atoms with Crippen LogP contribution in [0.25, 0.3) is 0 Å². The van der Waals surface area contributed by atoms with Gasteiger partial charge in [0.2, 0.25) is 0 Å². The van der Waals surface area contributed by atoms with Crippen LogP contribution in [0.4, 0.5) is 0 Å². The highest BCUT2D eigenvalue weighted by molar-refractivity contribution is 6.03. The predicted molar refractivity (Wildman–Crippen MR) is 77.4 cm³/mol. The number of esters is 1. The summed E-state index contributed by atoms with van der Waals surface area (Å²) in [7, 11) is 1.57. The van der Waals surface area contributed by atoms with Crippen molar-refractivity contribution < 1.29 is 19.1 Å². The Morgan fingerprint density at radius 3 is 2.10 bits per heavy atom. The minimum absolute atomic E-state index is 0.138. The first-order valence-corrected chi connectivity index (χ1v) is 7.43. The Morgan fingerprint density at radius 2 is 1.70 bits per heavy atom. The first-order valence-electron chi connectivity index (χ1n) is 7.43. The summed E-state index contributed by atoms with van der Waals surface area (Å²) >= 11 is 0. The molecule has 0 heterocycles. The molecule has 0 aromatic rings. The van der Waals surface area contributed by atoms with Gasteiger partial charge in [0, 0.05) is 7.11 Å². The number of Topliss-reactive ketones (excluding diaryl/α,β-unsaturated/α-hetero) is 1. The lowest BCUT2D eigenvalue weighted by molar-refractivity contribution is -0.168. The molecule has 1 saturated carbocycles. The number of carbonyl (C=O) groups excluding carboxylic acids is 2. The molecule has 116 valence electrons. The van der Waals surface area contributed by atoms with Crippen LogP contribution < -0.4 is 0 Å². The third-order valence-electron chi connectivity index (χ3n) is 4.08. The number of methoxy groups -OCH3 is 1. The van der Waals surface area contributed by atoms with Crippen LogP contribution in [0.1, 0.15) is 60.3 Å². The molecule has 1 unspecified atom stereocenters. The number of rotatable bonds is 4. The van der Waals surface area contributed by atoms with Crippen molar-refractivity contribution in [3.05, 3.63) is 0 Å².